The SMILES string of the molecule is CCOC(=O)c1c(C)[nH]c(C(=O)C(=O)NCCOCCO)c1-c1ccc(OC)cc1. The molecule has 3 N–H and O–H groups in total. The first-order valence-corrected chi connectivity index (χ1v) is 9.49. The zero-order valence-corrected chi connectivity index (χ0v) is 17.2. The number of carbonyl (C=O) groups excluding carboxylic acids is 3. The Morgan fingerprint density at radius 3 is 2.43 bits per heavy atom. The highest BCUT2D eigenvalue weighted by molar-refractivity contribution is 6.43. The third-order valence-electron chi connectivity index (χ3n) is 4.25. The second-order valence-corrected chi connectivity index (χ2v) is 6.24. The number of rotatable bonds is 11. The number of carbonyl (C=O) groups is 3. The number of H-pyrrole nitrogens is 1. The van der Waals surface area contributed by atoms with E-state index in [1.165, 1.54) is 7.11 Å². The van der Waals surface area contributed by atoms with Crippen molar-refractivity contribution >= 4 is 17.7 Å². The van der Waals surface area contributed by atoms with Crippen LogP contribution in [0.1, 0.15) is 33.5 Å². The predicted molar refractivity (Wildman–Crippen MR) is 109 cm³/mol. The van der Waals surface area contributed by atoms with E-state index < -0.39 is 17.7 Å². The number of hydrogen-bond donors (Lipinski definition) is 3. The number of aliphatic hydroxyl groups is 1. The molecule has 1 aromatic carbocycles. The highest BCUT2D eigenvalue weighted by atomic mass is 16.5. The van der Waals surface area contributed by atoms with Crippen LogP contribution in [-0.4, -0.2) is 67.8 Å². The molecule has 0 saturated heterocycles. The molecule has 0 atom stereocenters. The fourth-order valence-corrected chi connectivity index (χ4v) is 2.90. The number of amides is 1. The van der Waals surface area contributed by atoms with Crippen LogP contribution in [0.5, 0.6) is 5.75 Å². The van der Waals surface area contributed by atoms with Crippen molar-refractivity contribution in [3.63, 3.8) is 0 Å². The van der Waals surface area contributed by atoms with Gasteiger partial charge in [-0.1, -0.05) is 12.1 Å². The van der Waals surface area contributed by atoms with E-state index in [4.69, 9.17) is 19.3 Å². The van der Waals surface area contributed by atoms with Gasteiger partial charge >= 0.3 is 5.97 Å². The molecular weight excluding hydrogens is 392 g/mol. The van der Waals surface area contributed by atoms with E-state index in [1.807, 2.05) is 0 Å². The van der Waals surface area contributed by atoms with E-state index in [2.05, 4.69) is 10.3 Å². The molecule has 2 aromatic rings. The van der Waals surface area contributed by atoms with Crippen LogP contribution in [0, 0.1) is 6.92 Å². The van der Waals surface area contributed by atoms with Gasteiger partial charge in [0.05, 0.1) is 39.1 Å². The molecule has 2 rings (SSSR count). The molecule has 0 radical (unpaired) electrons. The maximum Gasteiger partial charge on any atom is 0.340 e. The molecule has 0 aliphatic rings. The Morgan fingerprint density at radius 2 is 1.83 bits per heavy atom. The molecule has 9 nitrogen and oxygen atoms in total. The lowest BCUT2D eigenvalue weighted by atomic mass is 9.98. The summed E-state index contributed by atoms with van der Waals surface area (Å²) in [5, 5.41) is 11.1. The van der Waals surface area contributed by atoms with Gasteiger partial charge in [0.2, 0.25) is 0 Å². The minimum absolute atomic E-state index is 0.00510. The summed E-state index contributed by atoms with van der Waals surface area (Å²) in [4.78, 5) is 40.6. The van der Waals surface area contributed by atoms with Crippen LogP contribution in [0.3, 0.4) is 0 Å². The highest BCUT2D eigenvalue weighted by Crippen LogP contribution is 2.32. The zero-order valence-electron chi connectivity index (χ0n) is 17.2. The number of methoxy groups -OCH3 is 1. The summed E-state index contributed by atoms with van der Waals surface area (Å²) in [5.41, 5.74) is 1.47. The highest BCUT2D eigenvalue weighted by Gasteiger charge is 2.29. The van der Waals surface area contributed by atoms with Crippen molar-refractivity contribution in [3.8, 4) is 16.9 Å². The Morgan fingerprint density at radius 1 is 1.13 bits per heavy atom. The molecule has 1 amide bonds. The smallest absolute Gasteiger partial charge is 0.340 e. The quantitative estimate of drug-likeness (QED) is 0.218. The Kier molecular flexibility index (Phi) is 8.57. The van der Waals surface area contributed by atoms with Gasteiger partial charge in [-0.2, -0.15) is 0 Å². The first-order chi connectivity index (χ1) is 14.4. The number of nitrogens with one attached hydrogen (secondary N) is 2. The van der Waals surface area contributed by atoms with E-state index in [-0.39, 0.29) is 44.2 Å². The number of esters is 1. The number of aryl methyl sites for hydroxylation is 1. The Bertz CT molecular complexity index is 888. The first kappa shape index (κ1) is 23.1. The van der Waals surface area contributed by atoms with Crippen LogP contribution < -0.4 is 10.1 Å². The second kappa shape index (κ2) is 11.1. The molecule has 0 saturated carbocycles. The van der Waals surface area contributed by atoms with Crippen LogP contribution in [0.4, 0.5) is 0 Å². The number of hydrogen-bond acceptors (Lipinski definition) is 7. The summed E-state index contributed by atoms with van der Waals surface area (Å²) in [6.45, 7) is 3.77. The number of benzene rings is 1. The van der Waals surface area contributed by atoms with Gasteiger partial charge < -0.3 is 29.6 Å². The van der Waals surface area contributed by atoms with Gasteiger partial charge in [0, 0.05) is 17.8 Å². The summed E-state index contributed by atoms with van der Waals surface area (Å²) < 4.78 is 15.4. The van der Waals surface area contributed by atoms with Crippen molar-refractivity contribution in [1.82, 2.24) is 10.3 Å². The van der Waals surface area contributed by atoms with Crippen LogP contribution in [0.15, 0.2) is 24.3 Å². The molecule has 0 fully saturated rings. The molecule has 1 heterocycles. The molecule has 0 aliphatic heterocycles. The van der Waals surface area contributed by atoms with Gasteiger partial charge in [0.15, 0.2) is 0 Å². The fourth-order valence-electron chi connectivity index (χ4n) is 2.90. The molecular formula is C21H26N2O7. The molecule has 30 heavy (non-hydrogen) atoms. The maximum absolute atomic E-state index is 12.8. The van der Waals surface area contributed by atoms with Crippen molar-refractivity contribution in [3.05, 3.63) is 41.2 Å². The largest absolute Gasteiger partial charge is 0.497 e. The van der Waals surface area contributed by atoms with Crippen LogP contribution >= 0.6 is 0 Å². The summed E-state index contributed by atoms with van der Waals surface area (Å²) in [6.07, 6.45) is 0. The van der Waals surface area contributed by atoms with Crippen molar-refractivity contribution in [2.24, 2.45) is 0 Å². The van der Waals surface area contributed by atoms with E-state index in [9.17, 15) is 14.4 Å². The van der Waals surface area contributed by atoms with E-state index in [1.54, 1.807) is 38.1 Å². The second-order valence-electron chi connectivity index (χ2n) is 6.24. The van der Waals surface area contributed by atoms with Gasteiger partial charge in [0.25, 0.3) is 11.7 Å². The monoisotopic (exact) mass is 418 g/mol. The zero-order chi connectivity index (χ0) is 22.1. The molecule has 1 aromatic heterocycles. The average Bonchev–Trinajstić information content (AvgIpc) is 3.10. The number of Topliss-reactive ketones (excluding diaryl/α,β-unsaturated/α-hetero) is 1. The van der Waals surface area contributed by atoms with Gasteiger partial charge in [-0.15, -0.1) is 0 Å². The molecule has 162 valence electrons. The number of aliphatic hydroxyl groups excluding tert-OH is 1. The van der Waals surface area contributed by atoms with E-state index in [0.717, 1.165) is 0 Å². The van der Waals surface area contributed by atoms with Gasteiger partial charge in [-0.3, -0.25) is 9.59 Å². The lowest BCUT2D eigenvalue weighted by Gasteiger charge is -2.09. The summed E-state index contributed by atoms with van der Waals surface area (Å²) in [7, 11) is 1.53. The van der Waals surface area contributed by atoms with Crippen molar-refractivity contribution in [2.45, 2.75) is 13.8 Å². The third kappa shape index (κ3) is 5.46. The molecule has 0 bridgehead atoms. The molecule has 9 heteroatoms. The first-order valence-electron chi connectivity index (χ1n) is 9.49. The van der Waals surface area contributed by atoms with Crippen LogP contribution in [0.2, 0.25) is 0 Å². The fraction of sp³-hybridized carbons (Fsp3) is 0.381. The minimum atomic E-state index is -0.839. The molecule has 0 spiro atoms. The van der Waals surface area contributed by atoms with Gasteiger partial charge in [-0.25, -0.2) is 4.79 Å². The number of aromatic nitrogens is 1. The van der Waals surface area contributed by atoms with E-state index in [0.29, 0.717) is 22.6 Å². The maximum atomic E-state index is 12.8. The minimum Gasteiger partial charge on any atom is -0.497 e. The predicted octanol–water partition coefficient (Wildman–Crippen LogP) is 1.48. The van der Waals surface area contributed by atoms with E-state index >= 15 is 0 Å². The van der Waals surface area contributed by atoms with Crippen LogP contribution in [-0.2, 0) is 14.3 Å². The van der Waals surface area contributed by atoms with Crippen molar-refractivity contribution in [2.75, 3.05) is 40.1 Å². The lowest BCUT2D eigenvalue weighted by molar-refractivity contribution is -0.117. The number of ether oxygens (including phenoxy) is 3. The number of aromatic amines is 1. The lowest BCUT2D eigenvalue weighted by Crippen LogP contribution is -2.34. The van der Waals surface area contributed by atoms with Crippen molar-refractivity contribution < 1.29 is 33.7 Å². The average molecular weight is 418 g/mol. The Hall–Kier alpha value is -3.17. The normalized spacial score (nSPS) is 10.5. The standard InChI is InChI=1S/C21H26N2O7/c1-4-30-21(27)16-13(2)23-18(17(16)14-5-7-15(28-3)8-6-14)19(25)20(26)22-9-11-29-12-10-24/h5-8,23-24H,4,9-12H2,1-3H3,(H,22,26). The Labute approximate surface area is 174 Å². The topological polar surface area (TPSA) is 127 Å². The molecule has 0 unspecified atom stereocenters. The molecule has 0 aliphatic carbocycles. The van der Waals surface area contributed by atoms with Crippen molar-refractivity contribution in [1.29, 1.82) is 0 Å². The van der Waals surface area contributed by atoms with Crippen LogP contribution in [0.25, 0.3) is 11.1 Å². The third-order valence-corrected chi connectivity index (χ3v) is 4.25. The summed E-state index contributed by atoms with van der Waals surface area (Å²) >= 11 is 0. The summed E-state index contributed by atoms with van der Waals surface area (Å²) in [6, 6.07) is 6.78. The summed E-state index contributed by atoms with van der Waals surface area (Å²) in [5.74, 6) is -1.64. The van der Waals surface area contributed by atoms with Gasteiger partial charge in [0.1, 0.15) is 11.4 Å². The van der Waals surface area contributed by atoms with Gasteiger partial charge in [-0.05, 0) is 31.5 Å². The number of ketones is 1. The Balaban J connectivity index is 2.38.